The molecule has 2 saturated heterocycles. The zero-order chi connectivity index (χ0) is 26.1. The van der Waals surface area contributed by atoms with Crippen molar-refractivity contribution >= 4 is 25.7 Å². The lowest BCUT2D eigenvalue weighted by atomic mass is 10.1. The second kappa shape index (κ2) is 10.7. The summed E-state index contributed by atoms with van der Waals surface area (Å²) in [5, 5.41) is 0. The number of piperazine rings is 1. The summed E-state index contributed by atoms with van der Waals surface area (Å²) in [7, 11) is -5.85. The summed E-state index contributed by atoms with van der Waals surface area (Å²) < 4.78 is 68.0. The molecule has 2 aromatic carbocycles. The fourth-order valence-corrected chi connectivity index (χ4v) is 7.97. The van der Waals surface area contributed by atoms with Crippen molar-refractivity contribution in [1.82, 2.24) is 9.03 Å². The number of hydrogen-bond acceptors (Lipinski definition) is 7. The quantitative estimate of drug-likeness (QED) is 0.552. The summed E-state index contributed by atoms with van der Waals surface area (Å²) >= 11 is 0. The van der Waals surface area contributed by atoms with Crippen molar-refractivity contribution in [3.8, 4) is 5.75 Å². The van der Waals surface area contributed by atoms with Crippen LogP contribution in [0.4, 0.5) is 5.69 Å². The van der Waals surface area contributed by atoms with E-state index in [-0.39, 0.29) is 30.6 Å². The Balaban J connectivity index is 1.51. The average Bonchev–Trinajstić information content (AvgIpc) is 3.35. The van der Waals surface area contributed by atoms with Gasteiger partial charge < -0.3 is 14.4 Å². The maximum atomic E-state index is 13.5. The van der Waals surface area contributed by atoms with Gasteiger partial charge in [0.2, 0.25) is 20.0 Å². The van der Waals surface area contributed by atoms with Gasteiger partial charge in [-0.15, -0.1) is 0 Å². The van der Waals surface area contributed by atoms with Crippen LogP contribution < -0.4 is 14.4 Å². The molecule has 1 atom stereocenters. The van der Waals surface area contributed by atoms with Gasteiger partial charge in [-0.25, -0.2) is 21.6 Å². The first-order valence-corrected chi connectivity index (χ1v) is 15.1. The molecule has 9 nitrogen and oxygen atoms in total. The van der Waals surface area contributed by atoms with E-state index < -0.39 is 20.0 Å². The third-order valence-electron chi connectivity index (χ3n) is 6.77. The van der Waals surface area contributed by atoms with Crippen LogP contribution >= 0.6 is 0 Å². The molecule has 2 aliphatic rings. The molecule has 0 bridgehead atoms. The molecule has 198 valence electrons. The third kappa shape index (κ3) is 5.55. The fourth-order valence-electron chi connectivity index (χ4n) is 5.05. The molecule has 0 unspecified atom stereocenters. The lowest BCUT2D eigenvalue weighted by Crippen LogP contribution is -2.49. The molecule has 0 spiro atoms. The Morgan fingerprint density at radius 1 is 1.00 bits per heavy atom. The Kier molecular flexibility index (Phi) is 7.96. The van der Waals surface area contributed by atoms with Crippen molar-refractivity contribution in [3.63, 3.8) is 0 Å². The SMILES string of the molecule is COc1ccc(S(=O)(=O)NC[C@@H]2CCCO2)cc1N1CCN(S(=O)(=O)c2c(C)cc(C)cc2C)CC1. The molecule has 2 heterocycles. The highest BCUT2D eigenvalue weighted by molar-refractivity contribution is 7.89. The number of aryl methyl sites for hydroxylation is 3. The number of nitrogens with zero attached hydrogens (tertiary/aromatic N) is 2. The maximum Gasteiger partial charge on any atom is 0.243 e. The molecule has 36 heavy (non-hydrogen) atoms. The van der Waals surface area contributed by atoms with Crippen LogP contribution in [0.25, 0.3) is 0 Å². The largest absolute Gasteiger partial charge is 0.495 e. The summed E-state index contributed by atoms with van der Waals surface area (Å²) in [6, 6.07) is 8.52. The number of rotatable bonds is 8. The number of ether oxygens (including phenoxy) is 2. The molecule has 4 rings (SSSR count). The minimum Gasteiger partial charge on any atom is -0.495 e. The third-order valence-corrected chi connectivity index (χ3v) is 10.4. The molecule has 11 heteroatoms. The Labute approximate surface area is 214 Å². The summed E-state index contributed by atoms with van der Waals surface area (Å²) in [6.07, 6.45) is 1.67. The molecule has 0 amide bonds. The van der Waals surface area contributed by atoms with E-state index in [0.717, 1.165) is 29.5 Å². The first-order chi connectivity index (χ1) is 17.0. The van der Waals surface area contributed by atoms with Crippen molar-refractivity contribution in [1.29, 1.82) is 0 Å². The highest BCUT2D eigenvalue weighted by Gasteiger charge is 2.32. The normalized spacial score (nSPS) is 19.6. The van der Waals surface area contributed by atoms with Crippen LogP contribution in [0.5, 0.6) is 5.75 Å². The average molecular weight is 538 g/mol. The second-order valence-corrected chi connectivity index (χ2v) is 13.1. The minimum absolute atomic E-state index is 0.103. The standard InChI is InChI=1S/C25H35N3O6S2/c1-18-14-19(2)25(20(3)15-18)36(31,32)28-11-9-27(10-12-28)23-16-22(7-8-24(23)33-4)35(29,30)26-17-21-6-5-13-34-21/h7-8,14-16,21,26H,5-6,9-13,17H2,1-4H3/t21-/m0/s1. The first-order valence-electron chi connectivity index (χ1n) is 12.1. The Hall–Kier alpha value is -2.18. The number of anilines is 1. The number of nitrogens with one attached hydrogen (secondary N) is 1. The molecule has 0 aliphatic carbocycles. The fraction of sp³-hybridized carbons (Fsp3) is 0.520. The Bertz CT molecular complexity index is 1290. The van der Waals surface area contributed by atoms with Gasteiger partial charge in [0, 0.05) is 39.3 Å². The van der Waals surface area contributed by atoms with E-state index in [9.17, 15) is 16.8 Å². The molecular weight excluding hydrogens is 502 g/mol. The van der Waals surface area contributed by atoms with Crippen LogP contribution in [-0.2, 0) is 24.8 Å². The van der Waals surface area contributed by atoms with E-state index in [1.807, 2.05) is 37.8 Å². The summed E-state index contributed by atoms with van der Waals surface area (Å²) in [6.45, 7) is 7.88. The number of benzene rings is 2. The predicted octanol–water partition coefficient (Wildman–Crippen LogP) is 2.59. The summed E-state index contributed by atoms with van der Waals surface area (Å²) in [5.74, 6) is 0.537. The summed E-state index contributed by atoms with van der Waals surface area (Å²) in [4.78, 5) is 2.47. The van der Waals surface area contributed by atoms with E-state index in [0.29, 0.717) is 36.0 Å². The van der Waals surface area contributed by atoms with Gasteiger partial charge in [-0.05, 0) is 62.9 Å². The second-order valence-electron chi connectivity index (χ2n) is 9.44. The lowest BCUT2D eigenvalue weighted by Gasteiger charge is -2.36. The van der Waals surface area contributed by atoms with Crippen LogP contribution in [0.3, 0.4) is 0 Å². The Morgan fingerprint density at radius 3 is 2.25 bits per heavy atom. The molecular formula is C25H35N3O6S2. The van der Waals surface area contributed by atoms with Crippen LogP contribution in [-0.4, -0.2) is 73.7 Å². The predicted molar refractivity (Wildman–Crippen MR) is 139 cm³/mol. The molecule has 1 N–H and O–H groups in total. The van der Waals surface area contributed by atoms with Gasteiger partial charge in [0.15, 0.2) is 0 Å². The van der Waals surface area contributed by atoms with Gasteiger partial charge in [0.1, 0.15) is 5.75 Å². The van der Waals surface area contributed by atoms with Crippen molar-refractivity contribution in [3.05, 3.63) is 47.0 Å². The van der Waals surface area contributed by atoms with Crippen molar-refractivity contribution < 1.29 is 26.3 Å². The monoisotopic (exact) mass is 537 g/mol. The zero-order valence-electron chi connectivity index (χ0n) is 21.3. The highest BCUT2D eigenvalue weighted by Crippen LogP contribution is 2.33. The Morgan fingerprint density at radius 2 is 1.67 bits per heavy atom. The molecule has 0 saturated carbocycles. The van der Waals surface area contributed by atoms with Gasteiger partial charge in [0.05, 0.1) is 28.7 Å². The highest BCUT2D eigenvalue weighted by atomic mass is 32.2. The molecule has 2 fully saturated rings. The van der Waals surface area contributed by atoms with Crippen molar-refractivity contribution in [2.45, 2.75) is 49.5 Å². The first kappa shape index (κ1) is 26.9. The smallest absolute Gasteiger partial charge is 0.243 e. The van der Waals surface area contributed by atoms with Crippen molar-refractivity contribution in [2.24, 2.45) is 0 Å². The topological polar surface area (TPSA) is 105 Å². The van der Waals surface area contributed by atoms with Crippen LogP contribution in [0.2, 0.25) is 0 Å². The molecule has 0 radical (unpaired) electrons. The van der Waals surface area contributed by atoms with Gasteiger partial charge in [0.25, 0.3) is 0 Å². The van der Waals surface area contributed by atoms with E-state index in [4.69, 9.17) is 9.47 Å². The zero-order valence-corrected chi connectivity index (χ0v) is 22.9. The number of hydrogen-bond donors (Lipinski definition) is 1. The van der Waals surface area contributed by atoms with E-state index >= 15 is 0 Å². The van der Waals surface area contributed by atoms with E-state index in [1.165, 1.54) is 17.5 Å². The van der Waals surface area contributed by atoms with Gasteiger partial charge in [-0.3, -0.25) is 0 Å². The van der Waals surface area contributed by atoms with Crippen LogP contribution in [0.15, 0.2) is 40.1 Å². The number of methoxy groups -OCH3 is 1. The molecule has 2 aliphatic heterocycles. The van der Waals surface area contributed by atoms with Gasteiger partial charge in [-0.1, -0.05) is 17.7 Å². The van der Waals surface area contributed by atoms with Crippen LogP contribution in [0.1, 0.15) is 29.5 Å². The summed E-state index contributed by atoms with van der Waals surface area (Å²) in [5.41, 5.74) is 3.13. The van der Waals surface area contributed by atoms with E-state index in [2.05, 4.69) is 4.72 Å². The minimum atomic E-state index is -3.74. The van der Waals surface area contributed by atoms with Gasteiger partial charge in [-0.2, -0.15) is 4.31 Å². The molecule has 2 aromatic rings. The number of sulfonamides is 2. The van der Waals surface area contributed by atoms with Gasteiger partial charge >= 0.3 is 0 Å². The lowest BCUT2D eigenvalue weighted by molar-refractivity contribution is 0.114. The molecule has 0 aromatic heterocycles. The van der Waals surface area contributed by atoms with Crippen molar-refractivity contribution in [2.75, 3.05) is 51.3 Å². The maximum absolute atomic E-state index is 13.5. The van der Waals surface area contributed by atoms with E-state index in [1.54, 1.807) is 12.1 Å². The van der Waals surface area contributed by atoms with Crippen LogP contribution in [0, 0.1) is 20.8 Å².